The van der Waals surface area contributed by atoms with Gasteiger partial charge in [-0.1, -0.05) is 13.0 Å². The highest BCUT2D eigenvalue weighted by Crippen LogP contribution is 2.38. The van der Waals surface area contributed by atoms with Gasteiger partial charge in [0.15, 0.2) is 0 Å². The van der Waals surface area contributed by atoms with E-state index in [9.17, 15) is 0 Å². The molecule has 0 aliphatic carbocycles. The van der Waals surface area contributed by atoms with Crippen molar-refractivity contribution in [3.8, 4) is 0 Å². The molecule has 13 heavy (non-hydrogen) atoms. The van der Waals surface area contributed by atoms with Crippen LogP contribution in [0.15, 0.2) is 27.6 Å². The third kappa shape index (κ3) is 2.02. The van der Waals surface area contributed by atoms with E-state index in [1.165, 1.54) is 21.5 Å². The van der Waals surface area contributed by atoms with Crippen molar-refractivity contribution in [2.45, 2.75) is 23.5 Å². The van der Waals surface area contributed by atoms with Gasteiger partial charge in [0.2, 0.25) is 0 Å². The summed E-state index contributed by atoms with van der Waals surface area (Å²) in [4.78, 5) is 1.36. The molecule has 1 aromatic carbocycles. The van der Waals surface area contributed by atoms with E-state index in [2.05, 4.69) is 46.4 Å². The number of halogens is 1. The second kappa shape index (κ2) is 3.93. The zero-order valence-corrected chi connectivity index (χ0v) is 9.91. The Balaban J connectivity index is 2.39. The molecule has 0 radical (unpaired) electrons. The number of hydrogen-bond donors (Lipinski definition) is 1. The molecule has 0 saturated heterocycles. The fraction of sp³-hybridized carbons (Fsp3) is 0.400. The quantitative estimate of drug-likeness (QED) is 0.760. The predicted molar refractivity (Wildman–Crippen MR) is 62.6 cm³/mol. The predicted octanol–water partition coefficient (Wildman–Crippen LogP) is 3.75. The molecule has 1 heterocycles. The van der Waals surface area contributed by atoms with Crippen molar-refractivity contribution in [2.75, 3.05) is 11.9 Å². The Labute approximate surface area is 91.4 Å². The molecule has 0 amide bonds. The Morgan fingerprint density at radius 2 is 2.38 bits per heavy atom. The minimum Gasteiger partial charge on any atom is -0.383 e. The van der Waals surface area contributed by atoms with E-state index < -0.39 is 0 Å². The third-order valence-electron chi connectivity index (χ3n) is 2.16. The monoisotopic (exact) mass is 257 g/mol. The Hall–Kier alpha value is -0.150. The Morgan fingerprint density at radius 1 is 1.54 bits per heavy atom. The standard InChI is InChI=1S/C10H12BrNS/c1-7-5-6-12-10-8(11)3-2-4-9(10)13-7/h2-4,7,12H,5-6H2,1H3. The molecule has 0 fully saturated rings. The van der Waals surface area contributed by atoms with E-state index >= 15 is 0 Å². The number of nitrogens with one attached hydrogen (secondary N) is 1. The summed E-state index contributed by atoms with van der Waals surface area (Å²) in [5.74, 6) is 0. The Bertz CT molecular complexity index is 314. The van der Waals surface area contributed by atoms with Crippen LogP contribution in [0.2, 0.25) is 0 Å². The zero-order valence-electron chi connectivity index (χ0n) is 7.51. The SMILES string of the molecule is CC1CCNc2c(Br)cccc2S1. The second-order valence-electron chi connectivity index (χ2n) is 3.26. The van der Waals surface area contributed by atoms with Gasteiger partial charge in [-0.3, -0.25) is 0 Å². The van der Waals surface area contributed by atoms with Crippen LogP contribution in [0, 0.1) is 0 Å². The summed E-state index contributed by atoms with van der Waals surface area (Å²) in [6.45, 7) is 3.35. The maximum Gasteiger partial charge on any atom is 0.0622 e. The summed E-state index contributed by atoms with van der Waals surface area (Å²) in [7, 11) is 0. The summed E-state index contributed by atoms with van der Waals surface area (Å²) in [5.41, 5.74) is 1.26. The summed E-state index contributed by atoms with van der Waals surface area (Å²) in [6.07, 6.45) is 1.23. The number of rotatable bonds is 0. The summed E-state index contributed by atoms with van der Waals surface area (Å²) in [6, 6.07) is 6.36. The van der Waals surface area contributed by atoms with Crippen LogP contribution in [-0.4, -0.2) is 11.8 Å². The molecule has 0 spiro atoms. The first-order chi connectivity index (χ1) is 6.27. The lowest BCUT2D eigenvalue weighted by atomic mass is 10.3. The van der Waals surface area contributed by atoms with Gasteiger partial charge in [0.1, 0.15) is 0 Å². The first-order valence-electron chi connectivity index (χ1n) is 4.46. The molecule has 1 nitrogen and oxygen atoms in total. The Kier molecular flexibility index (Phi) is 2.84. The van der Waals surface area contributed by atoms with Crippen LogP contribution in [0.1, 0.15) is 13.3 Å². The van der Waals surface area contributed by atoms with E-state index in [0.717, 1.165) is 6.54 Å². The van der Waals surface area contributed by atoms with Crippen LogP contribution in [-0.2, 0) is 0 Å². The molecule has 2 rings (SSSR count). The van der Waals surface area contributed by atoms with E-state index in [1.54, 1.807) is 0 Å². The normalized spacial score (nSPS) is 21.5. The van der Waals surface area contributed by atoms with E-state index in [-0.39, 0.29) is 0 Å². The lowest BCUT2D eigenvalue weighted by Gasteiger charge is -2.08. The smallest absolute Gasteiger partial charge is 0.0622 e. The van der Waals surface area contributed by atoms with Gasteiger partial charge >= 0.3 is 0 Å². The maximum absolute atomic E-state index is 3.56. The molecule has 1 unspecified atom stereocenters. The fourth-order valence-electron chi connectivity index (χ4n) is 1.45. The molecule has 0 bridgehead atoms. The third-order valence-corrected chi connectivity index (χ3v) is 4.05. The van der Waals surface area contributed by atoms with Crippen LogP contribution in [0.3, 0.4) is 0 Å². The van der Waals surface area contributed by atoms with Crippen molar-refractivity contribution < 1.29 is 0 Å². The molecular weight excluding hydrogens is 246 g/mol. The highest BCUT2D eigenvalue weighted by atomic mass is 79.9. The van der Waals surface area contributed by atoms with Gasteiger partial charge in [-0.05, 0) is 34.5 Å². The van der Waals surface area contributed by atoms with Crippen LogP contribution in [0.4, 0.5) is 5.69 Å². The average molecular weight is 258 g/mol. The minimum absolute atomic E-state index is 0.711. The van der Waals surface area contributed by atoms with Crippen molar-refractivity contribution >= 4 is 33.4 Å². The fourth-order valence-corrected chi connectivity index (χ4v) is 3.21. The van der Waals surface area contributed by atoms with Crippen LogP contribution in [0.25, 0.3) is 0 Å². The van der Waals surface area contributed by atoms with E-state index in [4.69, 9.17) is 0 Å². The largest absolute Gasteiger partial charge is 0.383 e. The number of para-hydroxylation sites is 1. The topological polar surface area (TPSA) is 12.0 Å². The number of hydrogen-bond acceptors (Lipinski definition) is 2. The summed E-state index contributed by atoms with van der Waals surface area (Å²) >= 11 is 5.52. The maximum atomic E-state index is 3.56. The highest BCUT2D eigenvalue weighted by Gasteiger charge is 2.14. The van der Waals surface area contributed by atoms with Crippen LogP contribution < -0.4 is 5.32 Å². The molecule has 1 aromatic rings. The molecule has 3 heteroatoms. The highest BCUT2D eigenvalue weighted by molar-refractivity contribution is 9.10. The molecule has 70 valence electrons. The van der Waals surface area contributed by atoms with Gasteiger partial charge < -0.3 is 5.32 Å². The van der Waals surface area contributed by atoms with Crippen LogP contribution in [0.5, 0.6) is 0 Å². The molecule has 1 aliphatic rings. The molecular formula is C10H12BrNS. The number of thioether (sulfide) groups is 1. The first-order valence-corrected chi connectivity index (χ1v) is 6.13. The molecule has 1 aliphatic heterocycles. The van der Waals surface area contributed by atoms with Crippen molar-refractivity contribution in [3.05, 3.63) is 22.7 Å². The van der Waals surface area contributed by atoms with E-state index in [1.807, 2.05) is 11.8 Å². The van der Waals surface area contributed by atoms with Gasteiger partial charge in [0.05, 0.1) is 5.69 Å². The number of anilines is 1. The zero-order chi connectivity index (χ0) is 9.26. The van der Waals surface area contributed by atoms with Crippen molar-refractivity contribution in [2.24, 2.45) is 0 Å². The number of fused-ring (bicyclic) bond motifs is 1. The number of benzene rings is 1. The lowest BCUT2D eigenvalue weighted by Crippen LogP contribution is -2.03. The molecule has 0 saturated carbocycles. The summed E-state index contributed by atoms with van der Waals surface area (Å²) < 4.78 is 1.17. The lowest BCUT2D eigenvalue weighted by molar-refractivity contribution is 0.859. The average Bonchev–Trinajstić information content (AvgIpc) is 2.27. The second-order valence-corrected chi connectivity index (χ2v) is 5.59. The van der Waals surface area contributed by atoms with Gasteiger partial charge in [-0.15, -0.1) is 11.8 Å². The summed E-state index contributed by atoms with van der Waals surface area (Å²) in [5, 5.41) is 4.17. The Morgan fingerprint density at radius 3 is 3.23 bits per heavy atom. The van der Waals surface area contributed by atoms with Gasteiger partial charge in [-0.25, -0.2) is 0 Å². The van der Waals surface area contributed by atoms with Gasteiger partial charge in [0, 0.05) is 21.2 Å². The van der Waals surface area contributed by atoms with Gasteiger partial charge in [0.25, 0.3) is 0 Å². The van der Waals surface area contributed by atoms with Crippen molar-refractivity contribution in [3.63, 3.8) is 0 Å². The van der Waals surface area contributed by atoms with Crippen molar-refractivity contribution in [1.29, 1.82) is 0 Å². The first kappa shape index (κ1) is 9.41. The minimum atomic E-state index is 0.711. The van der Waals surface area contributed by atoms with Gasteiger partial charge in [-0.2, -0.15) is 0 Å². The molecule has 1 N–H and O–H groups in total. The molecule has 0 aromatic heterocycles. The molecule has 1 atom stereocenters. The van der Waals surface area contributed by atoms with Crippen molar-refractivity contribution in [1.82, 2.24) is 0 Å². The van der Waals surface area contributed by atoms with Crippen LogP contribution >= 0.6 is 27.7 Å². The van der Waals surface area contributed by atoms with E-state index in [0.29, 0.717) is 5.25 Å².